The Bertz CT molecular complexity index is 508. The number of nitrogens with one attached hydrogen (secondary N) is 1. The van der Waals surface area contributed by atoms with Gasteiger partial charge in [-0.05, 0) is 12.1 Å². The van der Waals surface area contributed by atoms with Crippen LogP contribution in [0.3, 0.4) is 0 Å². The van der Waals surface area contributed by atoms with Gasteiger partial charge in [0, 0.05) is 37.3 Å². The van der Waals surface area contributed by atoms with Crippen molar-refractivity contribution in [1.29, 1.82) is 0 Å². The zero-order chi connectivity index (χ0) is 11.0. The molecule has 1 aromatic carbocycles. The molecule has 2 heterocycles. The smallest absolute Gasteiger partial charge is 0.298 e. The summed E-state index contributed by atoms with van der Waals surface area (Å²) in [4.78, 5) is 6.59. The first-order valence-electron chi connectivity index (χ1n) is 5.35. The molecule has 3 rings (SSSR count). The van der Waals surface area contributed by atoms with E-state index in [1.54, 1.807) is 6.07 Å². The van der Waals surface area contributed by atoms with E-state index in [2.05, 4.69) is 15.2 Å². The summed E-state index contributed by atoms with van der Waals surface area (Å²) in [6.45, 7) is 3.81. The van der Waals surface area contributed by atoms with Crippen LogP contribution in [-0.2, 0) is 0 Å². The van der Waals surface area contributed by atoms with E-state index in [0.717, 1.165) is 37.3 Å². The number of aromatic nitrogens is 1. The molecule has 0 atom stereocenters. The topological polar surface area (TPSA) is 41.3 Å². The van der Waals surface area contributed by atoms with Gasteiger partial charge in [-0.25, -0.2) is 0 Å². The Morgan fingerprint density at radius 2 is 2.06 bits per heavy atom. The highest BCUT2D eigenvalue weighted by Gasteiger charge is 2.16. The largest absolute Gasteiger partial charge is 0.423 e. The Balaban J connectivity index is 0.00000108. The lowest BCUT2D eigenvalue weighted by atomic mass is 10.3. The molecule has 4 nitrogen and oxygen atoms in total. The van der Waals surface area contributed by atoms with Gasteiger partial charge < -0.3 is 14.6 Å². The van der Waals surface area contributed by atoms with E-state index in [1.165, 1.54) is 0 Å². The third-order valence-electron chi connectivity index (χ3n) is 2.73. The molecule has 1 fully saturated rings. The van der Waals surface area contributed by atoms with Gasteiger partial charge in [0.2, 0.25) is 0 Å². The van der Waals surface area contributed by atoms with Crippen LogP contribution < -0.4 is 10.2 Å². The normalized spacial score (nSPS) is 15.9. The van der Waals surface area contributed by atoms with Gasteiger partial charge >= 0.3 is 0 Å². The van der Waals surface area contributed by atoms with Crippen LogP contribution in [0.25, 0.3) is 11.1 Å². The summed E-state index contributed by atoms with van der Waals surface area (Å²) < 4.78 is 5.69. The molecular formula is C11H13Cl2N3O. The SMILES string of the molecule is Cl.Clc1ccc2nc(N3CCNCC3)oc2c1. The molecule has 0 unspecified atom stereocenters. The standard InChI is InChI=1S/C11H12ClN3O.ClH/c12-8-1-2-9-10(7-8)16-11(14-9)15-5-3-13-4-6-15;/h1-2,7,13H,3-6H2;1H. The van der Waals surface area contributed by atoms with Crippen molar-refractivity contribution in [2.75, 3.05) is 31.1 Å². The molecule has 1 aliphatic heterocycles. The number of rotatable bonds is 1. The second kappa shape index (κ2) is 5.12. The maximum atomic E-state index is 5.90. The number of nitrogens with zero attached hydrogens (tertiary/aromatic N) is 2. The third-order valence-corrected chi connectivity index (χ3v) is 2.96. The first-order valence-corrected chi connectivity index (χ1v) is 5.72. The number of halogens is 2. The van der Waals surface area contributed by atoms with Crippen LogP contribution in [0.1, 0.15) is 0 Å². The van der Waals surface area contributed by atoms with Crippen LogP contribution in [0.4, 0.5) is 6.01 Å². The molecule has 0 saturated carbocycles. The van der Waals surface area contributed by atoms with Gasteiger partial charge in [-0.1, -0.05) is 11.6 Å². The van der Waals surface area contributed by atoms with E-state index in [4.69, 9.17) is 16.0 Å². The van der Waals surface area contributed by atoms with Gasteiger partial charge in [0.05, 0.1) is 0 Å². The van der Waals surface area contributed by atoms with Crippen molar-refractivity contribution in [2.45, 2.75) is 0 Å². The molecule has 1 aromatic heterocycles. The lowest BCUT2D eigenvalue weighted by Gasteiger charge is -2.25. The van der Waals surface area contributed by atoms with Crippen molar-refractivity contribution < 1.29 is 4.42 Å². The predicted octanol–water partition coefficient (Wildman–Crippen LogP) is 2.31. The van der Waals surface area contributed by atoms with E-state index in [-0.39, 0.29) is 12.4 Å². The zero-order valence-electron chi connectivity index (χ0n) is 9.15. The first kappa shape index (κ1) is 12.5. The Morgan fingerprint density at radius 3 is 2.82 bits per heavy atom. The summed E-state index contributed by atoms with van der Waals surface area (Å²) in [5.41, 5.74) is 1.61. The van der Waals surface area contributed by atoms with Crippen LogP contribution in [0.15, 0.2) is 22.6 Å². The van der Waals surface area contributed by atoms with Crippen LogP contribution in [-0.4, -0.2) is 31.2 Å². The van der Waals surface area contributed by atoms with Gasteiger partial charge in [0.15, 0.2) is 5.58 Å². The number of benzene rings is 1. The summed E-state index contributed by atoms with van der Waals surface area (Å²) in [5.74, 6) is 0. The molecule has 2 aromatic rings. The van der Waals surface area contributed by atoms with Crippen molar-refractivity contribution >= 4 is 41.1 Å². The molecule has 0 radical (unpaired) electrons. The highest BCUT2D eigenvalue weighted by molar-refractivity contribution is 6.31. The molecule has 0 amide bonds. The second-order valence-corrected chi connectivity index (χ2v) is 4.28. The minimum atomic E-state index is 0. The molecule has 0 spiro atoms. The van der Waals surface area contributed by atoms with Gasteiger partial charge in [-0.15, -0.1) is 12.4 Å². The summed E-state index contributed by atoms with van der Waals surface area (Å²) in [5, 5.41) is 3.97. The minimum Gasteiger partial charge on any atom is -0.423 e. The number of oxazole rings is 1. The minimum absolute atomic E-state index is 0. The maximum Gasteiger partial charge on any atom is 0.298 e. The Labute approximate surface area is 110 Å². The average molecular weight is 274 g/mol. The number of fused-ring (bicyclic) bond motifs is 1. The fourth-order valence-electron chi connectivity index (χ4n) is 1.88. The van der Waals surface area contributed by atoms with Crippen molar-refractivity contribution in [3.05, 3.63) is 23.2 Å². The second-order valence-electron chi connectivity index (χ2n) is 3.85. The van der Waals surface area contributed by atoms with Gasteiger partial charge in [0.25, 0.3) is 6.01 Å². The number of hydrogen-bond acceptors (Lipinski definition) is 4. The quantitative estimate of drug-likeness (QED) is 0.866. The molecule has 92 valence electrons. The van der Waals surface area contributed by atoms with Crippen molar-refractivity contribution in [1.82, 2.24) is 10.3 Å². The lowest BCUT2D eigenvalue weighted by Crippen LogP contribution is -2.43. The van der Waals surface area contributed by atoms with Gasteiger partial charge in [-0.3, -0.25) is 0 Å². The number of piperazine rings is 1. The first-order chi connectivity index (χ1) is 7.83. The molecule has 0 aliphatic carbocycles. The summed E-state index contributed by atoms with van der Waals surface area (Å²) in [6, 6.07) is 6.20. The van der Waals surface area contributed by atoms with Crippen LogP contribution >= 0.6 is 24.0 Å². The number of hydrogen-bond donors (Lipinski definition) is 1. The molecule has 6 heteroatoms. The third kappa shape index (κ3) is 2.49. The maximum absolute atomic E-state index is 5.90. The highest BCUT2D eigenvalue weighted by Crippen LogP contribution is 2.24. The molecular weight excluding hydrogens is 261 g/mol. The van der Waals surface area contributed by atoms with E-state index in [9.17, 15) is 0 Å². The average Bonchev–Trinajstić information content (AvgIpc) is 2.73. The van der Waals surface area contributed by atoms with Crippen LogP contribution in [0, 0.1) is 0 Å². The number of anilines is 1. The van der Waals surface area contributed by atoms with Crippen molar-refractivity contribution in [2.24, 2.45) is 0 Å². The molecule has 1 N–H and O–H groups in total. The van der Waals surface area contributed by atoms with E-state index in [0.29, 0.717) is 11.0 Å². The zero-order valence-corrected chi connectivity index (χ0v) is 10.7. The Kier molecular flexibility index (Phi) is 3.76. The molecule has 17 heavy (non-hydrogen) atoms. The Hall–Kier alpha value is -0.970. The molecule has 0 bridgehead atoms. The van der Waals surface area contributed by atoms with E-state index >= 15 is 0 Å². The lowest BCUT2D eigenvalue weighted by molar-refractivity contribution is 0.517. The fourth-order valence-corrected chi connectivity index (χ4v) is 2.04. The van der Waals surface area contributed by atoms with Crippen LogP contribution in [0.5, 0.6) is 0 Å². The van der Waals surface area contributed by atoms with Crippen molar-refractivity contribution in [3.63, 3.8) is 0 Å². The highest BCUT2D eigenvalue weighted by atomic mass is 35.5. The summed E-state index contributed by atoms with van der Waals surface area (Å²) in [7, 11) is 0. The van der Waals surface area contributed by atoms with Crippen LogP contribution in [0.2, 0.25) is 5.02 Å². The summed E-state index contributed by atoms with van der Waals surface area (Å²) >= 11 is 5.90. The predicted molar refractivity (Wildman–Crippen MR) is 71.3 cm³/mol. The Morgan fingerprint density at radius 1 is 1.29 bits per heavy atom. The van der Waals surface area contributed by atoms with E-state index in [1.807, 2.05) is 12.1 Å². The van der Waals surface area contributed by atoms with Crippen molar-refractivity contribution in [3.8, 4) is 0 Å². The van der Waals surface area contributed by atoms with Gasteiger partial charge in [-0.2, -0.15) is 4.98 Å². The monoisotopic (exact) mass is 273 g/mol. The summed E-state index contributed by atoms with van der Waals surface area (Å²) in [6.07, 6.45) is 0. The molecule has 1 saturated heterocycles. The van der Waals surface area contributed by atoms with Gasteiger partial charge in [0.1, 0.15) is 5.52 Å². The molecule has 1 aliphatic rings. The fraction of sp³-hybridized carbons (Fsp3) is 0.364. The van der Waals surface area contributed by atoms with E-state index < -0.39 is 0 Å².